The summed E-state index contributed by atoms with van der Waals surface area (Å²) in [6.45, 7) is 1.58. The van der Waals surface area contributed by atoms with E-state index < -0.39 is 0 Å². The van der Waals surface area contributed by atoms with Crippen LogP contribution in [-0.2, 0) is 0 Å². The Morgan fingerprint density at radius 2 is 2.27 bits per heavy atom. The molecule has 3 heteroatoms. The molecule has 1 aromatic carbocycles. The van der Waals surface area contributed by atoms with Crippen LogP contribution in [0.15, 0.2) is 24.5 Å². The van der Waals surface area contributed by atoms with Crippen molar-refractivity contribution >= 4 is 16.8 Å². The van der Waals surface area contributed by atoms with Crippen molar-refractivity contribution in [2.45, 2.75) is 25.8 Å². The fraction of sp³-hybridized carbons (Fsp3) is 0.333. The minimum absolute atomic E-state index is 0.0953. The Kier molecular flexibility index (Phi) is 1.69. The summed E-state index contributed by atoms with van der Waals surface area (Å²) in [6, 6.07) is 6.39. The molecule has 0 radical (unpaired) electrons. The molecule has 1 aliphatic rings. The fourth-order valence-electron chi connectivity index (χ4n) is 1.89. The molecule has 15 heavy (non-hydrogen) atoms. The van der Waals surface area contributed by atoms with Gasteiger partial charge in [0.05, 0.1) is 17.4 Å². The Morgan fingerprint density at radius 3 is 2.93 bits per heavy atom. The molecule has 0 amide bonds. The van der Waals surface area contributed by atoms with Crippen molar-refractivity contribution in [3.63, 3.8) is 0 Å². The molecule has 0 spiro atoms. The summed E-state index contributed by atoms with van der Waals surface area (Å²) in [5.74, 6) is 0.0953. The highest BCUT2D eigenvalue weighted by molar-refractivity contribution is 5.97. The number of rotatable bonds is 2. The lowest BCUT2D eigenvalue weighted by atomic mass is 10.1. The predicted octanol–water partition coefficient (Wildman–Crippen LogP) is 2.57. The number of imidazole rings is 1. The molecule has 0 aliphatic heterocycles. The molecule has 0 bridgehead atoms. The standard InChI is InChI=1S/C12H12N2O/c1-8(15)9-2-5-12-11(6-9)13-7-14(12)10-3-4-10/h2,5-7,10H,3-4H2,1H3. The van der Waals surface area contributed by atoms with Crippen LogP contribution in [0, 0.1) is 0 Å². The maximum absolute atomic E-state index is 11.2. The highest BCUT2D eigenvalue weighted by Gasteiger charge is 2.24. The van der Waals surface area contributed by atoms with Crippen LogP contribution in [0.5, 0.6) is 0 Å². The Bertz CT molecular complexity index is 538. The second kappa shape index (κ2) is 2.92. The number of benzene rings is 1. The van der Waals surface area contributed by atoms with Gasteiger partial charge in [0, 0.05) is 11.6 Å². The van der Waals surface area contributed by atoms with Crippen LogP contribution in [0.1, 0.15) is 36.2 Å². The largest absolute Gasteiger partial charge is 0.327 e. The zero-order valence-corrected chi connectivity index (χ0v) is 8.60. The molecule has 2 aromatic rings. The first-order valence-corrected chi connectivity index (χ1v) is 5.23. The number of fused-ring (bicyclic) bond motifs is 1. The van der Waals surface area contributed by atoms with Crippen molar-refractivity contribution in [1.29, 1.82) is 0 Å². The van der Waals surface area contributed by atoms with Gasteiger partial charge in [0.25, 0.3) is 0 Å². The fourth-order valence-corrected chi connectivity index (χ4v) is 1.89. The lowest BCUT2D eigenvalue weighted by molar-refractivity contribution is 0.101. The first kappa shape index (κ1) is 8.65. The lowest BCUT2D eigenvalue weighted by Crippen LogP contribution is -1.93. The smallest absolute Gasteiger partial charge is 0.159 e. The molecule has 3 nitrogen and oxygen atoms in total. The SMILES string of the molecule is CC(=O)c1ccc2c(c1)ncn2C1CC1. The van der Waals surface area contributed by atoms with Crippen molar-refractivity contribution in [2.75, 3.05) is 0 Å². The Labute approximate surface area is 87.7 Å². The van der Waals surface area contributed by atoms with E-state index in [4.69, 9.17) is 0 Å². The number of carbonyl (C=O) groups excluding carboxylic acids is 1. The van der Waals surface area contributed by atoms with E-state index in [1.807, 2.05) is 24.5 Å². The molecule has 1 aromatic heterocycles. The van der Waals surface area contributed by atoms with Gasteiger partial charge in [-0.15, -0.1) is 0 Å². The zero-order chi connectivity index (χ0) is 10.4. The minimum atomic E-state index is 0.0953. The Hall–Kier alpha value is -1.64. The third kappa shape index (κ3) is 1.35. The number of carbonyl (C=O) groups is 1. The lowest BCUT2D eigenvalue weighted by Gasteiger charge is -2.00. The van der Waals surface area contributed by atoms with Gasteiger partial charge in [-0.05, 0) is 38.0 Å². The number of aromatic nitrogens is 2. The molecule has 76 valence electrons. The number of Topliss-reactive ketones (excluding diaryl/α,β-unsaturated/α-hetero) is 1. The summed E-state index contributed by atoms with van der Waals surface area (Å²) in [7, 11) is 0. The van der Waals surface area contributed by atoms with Crippen molar-refractivity contribution in [1.82, 2.24) is 9.55 Å². The first-order chi connectivity index (χ1) is 7.25. The first-order valence-electron chi connectivity index (χ1n) is 5.23. The van der Waals surface area contributed by atoms with E-state index in [-0.39, 0.29) is 5.78 Å². The minimum Gasteiger partial charge on any atom is -0.327 e. The molecular formula is C12H12N2O. The third-order valence-electron chi connectivity index (χ3n) is 2.92. The van der Waals surface area contributed by atoms with Gasteiger partial charge >= 0.3 is 0 Å². The van der Waals surface area contributed by atoms with Gasteiger partial charge in [0.1, 0.15) is 0 Å². The maximum atomic E-state index is 11.2. The average Bonchev–Trinajstić information content (AvgIpc) is 2.98. The van der Waals surface area contributed by atoms with Crippen LogP contribution in [0.4, 0.5) is 0 Å². The Balaban J connectivity index is 2.17. The van der Waals surface area contributed by atoms with Crippen molar-refractivity contribution < 1.29 is 4.79 Å². The van der Waals surface area contributed by atoms with Crippen LogP contribution < -0.4 is 0 Å². The number of nitrogens with zero attached hydrogens (tertiary/aromatic N) is 2. The quantitative estimate of drug-likeness (QED) is 0.698. The highest BCUT2D eigenvalue weighted by atomic mass is 16.1. The summed E-state index contributed by atoms with van der Waals surface area (Å²) in [6.07, 6.45) is 4.38. The van der Waals surface area contributed by atoms with Crippen molar-refractivity contribution in [2.24, 2.45) is 0 Å². The van der Waals surface area contributed by atoms with E-state index in [2.05, 4.69) is 9.55 Å². The number of hydrogen-bond donors (Lipinski definition) is 0. The summed E-state index contributed by atoms with van der Waals surface area (Å²) >= 11 is 0. The van der Waals surface area contributed by atoms with Gasteiger partial charge in [0.15, 0.2) is 5.78 Å². The van der Waals surface area contributed by atoms with Gasteiger partial charge in [-0.3, -0.25) is 4.79 Å². The van der Waals surface area contributed by atoms with Gasteiger partial charge in [-0.25, -0.2) is 4.98 Å². The van der Waals surface area contributed by atoms with Crippen molar-refractivity contribution in [3.8, 4) is 0 Å². The van der Waals surface area contributed by atoms with Gasteiger partial charge in [0.2, 0.25) is 0 Å². The summed E-state index contributed by atoms with van der Waals surface area (Å²) in [4.78, 5) is 15.5. The summed E-state index contributed by atoms with van der Waals surface area (Å²) in [5, 5.41) is 0. The van der Waals surface area contributed by atoms with Gasteiger partial charge in [-0.1, -0.05) is 0 Å². The third-order valence-corrected chi connectivity index (χ3v) is 2.92. The second-order valence-electron chi connectivity index (χ2n) is 4.14. The van der Waals surface area contributed by atoms with E-state index in [1.165, 1.54) is 12.8 Å². The maximum Gasteiger partial charge on any atom is 0.159 e. The molecule has 1 heterocycles. The molecule has 0 saturated heterocycles. The van der Waals surface area contributed by atoms with Gasteiger partial charge in [-0.2, -0.15) is 0 Å². The molecule has 0 atom stereocenters. The van der Waals surface area contributed by atoms with Crippen LogP contribution in [-0.4, -0.2) is 15.3 Å². The molecule has 1 fully saturated rings. The second-order valence-corrected chi connectivity index (χ2v) is 4.14. The molecule has 0 N–H and O–H groups in total. The Morgan fingerprint density at radius 1 is 1.47 bits per heavy atom. The molecule has 3 rings (SSSR count). The van der Waals surface area contributed by atoms with Gasteiger partial charge < -0.3 is 4.57 Å². The average molecular weight is 200 g/mol. The molecular weight excluding hydrogens is 188 g/mol. The van der Waals surface area contributed by atoms with E-state index in [1.54, 1.807) is 6.92 Å². The zero-order valence-electron chi connectivity index (χ0n) is 8.60. The van der Waals surface area contributed by atoms with Crippen LogP contribution >= 0.6 is 0 Å². The van der Waals surface area contributed by atoms with E-state index in [0.717, 1.165) is 16.6 Å². The summed E-state index contributed by atoms with van der Waals surface area (Å²) < 4.78 is 2.21. The monoisotopic (exact) mass is 200 g/mol. The van der Waals surface area contributed by atoms with Crippen LogP contribution in [0.3, 0.4) is 0 Å². The molecule has 1 saturated carbocycles. The number of hydrogen-bond acceptors (Lipinski definition) is 2. The molecule has 0 unspecified atom stereocenters. The van der Waals surface area contributed by atoms with Crippen LogP contribution in [0.25, 0.3) is 11.0 Å². The van der Waals surface area contributed by atoms with E-state index >= 15 is 0 Å². The highest BCUT2D eigenvalue weighted by Crippen LogP contribution is 2.37. The van der Waals surface area contributed by atoms with Crippen molar-refractivity contribution in [3.05, 3.63) is 30.1 Å². The normalized spacial score (nSPS) is 15.8. The van der Waals surface area contributed by atoms with Crippen LogP contribution in [0.2, 0.25) is 0 Å². The topological polar surface area (TPSA) is 34.9 Å². The molecule has 1 aliphatic carbocycles. The summed E-state index contributed by atoms with van der Waals surface area (Å²) in [5.41, 5.74) is 2.81. The number of ketones is 1. The van der Waals surface area contributed by atoms with E-state index in [9.17, 15) is 4.79 Å². The predicted molar refractivity (Wildman–Crippen MR) is 58.0 cm³/mol. The van der Waals surface area contributed by atoms with E-state index in [0.29, 0.717) is 6.04 Å².